The van der Waals surface area contributed by atoms with Crippen molar-refractivity contribution in [1.29, 1.82) is 0 Å². The number of rotatable bonds is 1. The van der Waals surface area contributed by atoms with E-state index in [1.807, 2.05) is 18.2 Å². The third kappa shape index (κ3) is 2.53. The van der Waals surface area contributed by atoms with Gasteiger partial charge in [0.05, 0.1) is 5.39 Å². The minimum Gasteiger partial charge on any atom is -0.456 e. The van der Waals surface area contributed by atoms with Crippen molar-refractivity contribution in [3.8, 4) is 11.1 Å². The predicted molar refractivity (Wildman–Crippen MR) is 149 cm³/mol. The first-order chi connectivity index (χ1) is 17.3. The summed E-state index contributed by atoms with van der Waals surface area (Å²) in [5.74, 6) is 0. The summed E-state index contributed by atoms with van der Waals surface area (Å²) >= 11 is 3.88. The highest BCUT2D eigenvalue weighted by molar-refractivity contribution is 9.10. The predicted octanol–water partition coefficient (Wildman–Crippen LogP) is 10.2. The molecule has 2 nitrogen and oxygen atoms in total. The largest absolute Gasteiger partial charge is 0.456 e. The molecule has 0 saturated heterocycles. The summed E-state index contributed by atoms with van der Waals surface area (Å²) in [6.45, 7) is 0. The molecular weight excluding hydrogens is 496 g/mol. The van der Waals surface area contributed by atoms with Crippen LogP contribution in [-0.2, 0) is 0 Å². The van der Waals surface area contributed by atoms with Crippen molar-refractivity contribution < 1.29 is 8.83 Å². The van der Waals surface area contributed by atoms with Gasteiger partial charge in [-0.25, -0.2) is 0 Å². The van der Waals surface area contributed by atoms with Gasteiger partial charge in [0.2, 0.25) is 0 Å². The second-order valence-corrected chi connectivity index (χ2v) is 9.77. The lowest BCUT2D eigenvalue weighted by Gasteiger charge is -2.14. The van der Waals surface area contributed by atoms with Crippen molar-refractivity contribution in [3.05, 3.63) is 108 Å². The number of fused-ring (bicyclic) bond motifs is 9. The fraction of sp³-hybridized carbons (Fsp3) is 0. The van der Waals surface area contributed by atoms with Crippen LogP contribution in [0.3, 0.4) is 0 Å². The van der Waals surface area contributed by atoms with Crippen molar-refractivity contribution in [1.82, 2.24) is 0 Å². The monoisotopic (exact) mass is 512 g/mol. The normalized spacial score (nSPS) is 12.1. The average Bonchev–Trinajstić information content (AvgIpc) is 3.47. The fourth-order valence-corrected chi connectivity index (χ4v) is 6.32. The third-order valence-corrected chi connectivity index (χ3v) is 7.99. The fourth-order valence-electron chi connectivity index (χ4n) is 5.63. The molecule has 0 N–H and O–H groups in total. The van der Waals surface area contributed by atoms with Crippen LogP contribution in [0.5, 0.6) is 0 Å². The first kappa shape index (κ1) is 19.2. The third-order valence-electron chi connectivity index (χ3n) is 7.14. The molecule has 0 aliphatic heterocycles. The van der Waals surface area contributed by atoms with E-state index in [0.29, 0.717) is 0 Å². The van der Waals surface area contributed by atoms with Gasteiger partial charge in [-0.3, -0.25) is 0 Å². The summed E-state index contributed by atoms with van der Waals surface area (Å²) in [6, 6.07) is 35.9. The lowest BCUT2D eigenvalue weighted by Crippen LogP contribution is -1.88. The van der Waals surface area contributed by atoms with Gasteiger partial charge in [-0.2, -0.15) is 0 Å². The molecule has 0 fully saturated rings. The van der Waals surface area contributed by atoms with Crippen LogP contribution < -0.4 is 0 Å². The Labute approximate surface area is 208 Å². The zero-order valence-electron chi connectivity index (χ0n) is 18.5. The van der Waals surface area contributed by atoms with Crippen molar-refractivity contribution in [2.75, 3.05) is 0 Å². The van der Waals surface area contributed by atoms with E-state index in [-0.39, 0.29) is 0 Å². The van der Waals surface area contributed by atoms with E-state index in [9.17, 15) is 0 Å². The Morgan fingerprint density at radius 1 is 0.429 bits per heavy atom. The van der Waals surface area contributed by atoms with E-state index in [0.717, 1.165) is 53.9 Å². The van der Waals surface area contributed by atoms with Crippen LogP contribution in [0.4, 0.5) is 0 Å². The number of furan rings is 2. The van der Waals surface area contributed by atoms with Gasteiger partial charge in [0.1, 0.15) is 22.3 Å². The number of halogens is 1. The SMILES string of the molecule is Brc1c2ccccc2c(-c2cccc3c2oc2c3ccc3oc4ccccc4c32)c2ccccc12. The molecule has 0 unspecified atom stereocenters. The molecule has 3 heteroatoms. The standard InChI is InChI=1S/C32H17BrO2/c33-30-20-10-3-1-8-18(20)28(19-9-2-4-11-21(19)30)25-14-7-13-22-23-16-17-27-29(32(23)35-31(22)25)24-12-5-6-15-26(24)34-27/h1-17H. The lowest BCUT2D eigenvalue weighted by atomic mass is 9.91. The van der Waals surface area contributed by atoms with E-state index in [4.69, 9.17) is 8.83 Å². The van der Waals surface area contributed by atoms with Gasteiger partial charge < -0.3 is 8.83 Å². The summed E-state index contributed by atoms with van der Waals surface area (Å²) in [5, 5.41) is 9.11. The van der Waals surface area contributed by atoms with Gasteiger partial charge >= 0.3 is 0 Å². The lowest BCUT2D eigenvalue weighted by molar-refractivity contribution is 0.663. The summed E-state index contributed by atoms with van der Waals surface area (Å²) < 4.78 is 14.0. The molecule has 0 atom stereocenters. The maximum Gasteiger partial charge on any atom is 0.147 e. The number of benzene rings is 6. The summed E-state index contributed by atoms with van der Waals surface area (Å²) in [5.41, 5.74) is 5.79. The number of hydrogen-bond donors (Lipinski definition) is 0. The van der Waals surface area contributed by atoms with Crippen LogP contribution in [0.1, 0.15) is 0 Å². The van der Waals surface area contributed by atoms with Gasteiger partial charge in [0, 0.05) is 31.8 Å². The molecule has 8 aromatic rings. The molecule has 2 aromatic heterocycles. The van der Waals surface area contributed by atoms with Crippen LogP contribution >= 0.6 is 15.9 Å². The quantitative estimate of drug-likeness (QED) is 0.204. The Kier molecular flexibility index (Phi) is 3.83. The summed E-state index contributed by atoms with van der Waals surface area (Å²) in [4.78, 5) is 0. The Hall–Kier alpha value is -4.08. The number of hydrogen-bond acceptors (Lipinski definition) is 2. The van der Waals surface area contributed by atoms with E-state index >= 15 is 0 Å². The van der Waals surface area contributed by atoms with Crippen molar-refractivity contribution in [2.45, 2.75) is 0 Å². The molecule has 0 spiro atoms. The molecule has 0 bridgehead atoms. The molecule has 8 rings (SSSR count). The highest BCUT2D eigenvalue weighted by Crippen LogP contribution is 2.46. The van der Waals surface area contributed by atoms with Crippen LogP contribution in [-0.4, -0.2) is 0 Å². The van der Waals surface area contributed by atoms with Crippen LogP contribution in [0.15, 0.2) is 116 Å². The molecule has 0 amide bonds. The van der Waals surface area contributed by atoms with Gasteiger partial charge in [0.25, 0.3) is 0 Å². The van der Waals surface area contributed by atoms with Crippen LogP contribution in [0, 0.1) is 0 Å². The van der Waals surface area contributed by atoms with E-state index in [1.54, 1.807) is 0 Å². The van der Waals surface area contributed by atoms with Crippen molar-refractivity contribution >= 4 is 81.4 Å². The van der Waals surface area contributed by atoms with Crippen LogP contribution in [0.25, 0.3) is 76.5 Å². The Bertz CT molecular complexity index is 2070. The zero-order valence-corrected chi connectivity index (χ0v) is 20.1. The summed E-state index contributed by atoms with van der Waals surface area (Å²) in [6.07, 6.45) is 0. The van der Waals surface area contributed by atoms with Gasteiger partial charge in [-0.1, -0.05) is 84.9 Å². The van der Waals surface area contributed by atoms with Gasteiger partial charge in [-0.15, -0.1) is 0 Å². The van der Waals surface area contributed by atoms with Gasteiger partial charge in [-0.05, 0) is 55.7 Å². The second kappa shape index (κ2) is 6.97. The second-order valence-electron chi connectivity index (χ2n) is 8.98. The van der Waals surface area contributed by atoms with E-state index in [2.05, 4.69) is 101 Å². The molecule has 35 heavy (non-hydrogen) atoms. The maximum atomic E-state index is 6.77. The van der Waals surface area contributed by atoms with Crippen LogP contribution in [0.2, 0.25) is 0 Å². The van der Waals surface area contributed by atoms with E-state index < -0.39 is 0 Å². The van der Waals surface area contributed by atoms with Crippen molar-refractivity contribution in [2.24, 2.45) is 0 Å². The Balaban J connectivity index is 1.58. The summed E-state index contributed by atoms with van der Waals surface area (Å²) in [7, 11) is 0. The minimum absolute atomic E-state index is 0.846. The van der Waals surface area contributed by atoms with Crippen molar-refractivity contribution in [3.63, 3.8) is 0 Å². The molecule has 6 aromatic carbocycles. The molecule has 0 radical (unpaired) electrons. The minimum atomic E-state index is 0.846. The molecule has 0 aliphatic carbocycles. The maximum absolute atomic E-state index is 6.77. The van der Waals surface area contributed by atoms with E-state index in [1.165, 1.54) is 27.1 Å². The highest BCUT2D eigenvalue weighted by atomic mass is 79.9. The number of para-hydroxylation sites is 2. The average molecular weight is 513 g/mol. The molecule has 2 heterocycles. The molecular formula is C32H17BrO2. The first-order valence-electron chi connectivity index (χ1n) is 11.6. The smallest absolute Gasteiger partial charge is 0.147 e. The molecule has 164 valence electrons. The topological polar surface area (TPSA) is 26.3 Å². The highest BCUT2D eigenvalue weighted by Gasteiger charge is 2.20. The molecule has 0 saturated carbocycles. The molecule has 0 aliphatic rings. The zero-order chi connectivity index (χ0) is 23.1. The Morgan fingerprint density at radius 2 is 1.03 bits per heavy atom. The van der Waals surface area contributed by atoms with Gasteiger partial charge in [0.15, 0.2) is 0 Å². The first-order valence-corrected chi connectivity index (χ1v) is 12.4. The Morgan fingerprint density at radius 3 is 1.77 bits per heavy atom.